The van der Waals surface area contributed by atoms with Gasteiger partial charge in [0.2, 0.25) is 0 Å². The number of nitrogens with zero attached hydrogens (tertiary/aromatic N) is 2. The quantitative estimate of drug-likeness (QED) is 0.753. The Morgan fingerprint density at radius 3 is 2.25 bits per heavy atom. The molecule has 0 saturated heterocycles. The van der Waals surface area contributed by atoms with Crippen LogP contribution in [0.2, 0.25) is 0 Å². The van der Waals surface area contributed by atoms with E-state index in [2.05, 4.69) is 9.78 Å². The minimum absolute atomic E-state index is 0.509. The van der Waals surface area contributed by atoms with E-state index in [1.54, 1.807) is 0 Å². The number of aromatic nitrogens is 2. The molecule has 0 radical (unpaired) electrons. The van der Waals surface area contributed by atoms with Crippen LogP contribution in [0.25, 0.3) is 0 Å². The van der Waals surface area contributed by atoms with Crippen LogP contribution in [0.5, 0.6) is 0 Å². The van der Waals surface area contributed by atoms with Crippen molar-refractivity contribution in [2.45, 2.75) is 55.9 Å². The lowest BCUT2D eigenvalue weighted by Gasteiger charge is -2.18. The molecule has 0 bridgehead atoms. The molecule has 3 aliphatic carbocycles. The van der Waals surface area contributed by atoms with Crippen molar-refractivity contribution in [2.24, 2.45) is 0 Å². The lowest BCUT2D eigenvalue weighted by Crippen LogP contribution is -2.22. The highest BCUT2D eigenvalue weighted by Crippen LogP contribution is 2.69. The van der Waals surface area contributed by atoms with Crippen molar-refractivity contribution >= 4 is 12.6 Å². The maximum atomic E-state index is 13.3. The second-order valence-electron chi connectivity index (χ2n) is 5.54. The van der Waals surface area contributed by atoms with E-state index >= 15 is 0 Å². The highest BCUT2D eigenvalue weighted by Gasteiger charge is 2.53. The van der Waals surface area contributed by atoms with Crippen LogP contribution in [-0.2, 0) is 4.57 Å². The summed E-state index contributed by atoms with van der Waals surface area (Å²) in [6, 6.07) is 2.60. The van der Waals surface area contributed by atoms with Gasteiger partial charge in [0.1, 0.15) is 7.14 Å². The van der Waals surface area contributed by atoms with Crippen LogP contribution in [-0.4, -0.2) is 21.1 Å². The van der Waals surface area contributed by atoms with Gasteiger partial charge in [0.05, 0.1) is 11.5 Å². The summed E-state index contributed by atoms with van der Waals surface area (Å²) in [5.41, 5.74) is 2.13. The van der Waals surface area contributed by atoms with Gasteiger partial charge in [-0.3, -0.25) is 4.68 Å². The zero-order valence-electron chi connectivity index (χ0n) is 9.38. The molecular weight excluding hydrogens is 219 g/mol. The van der Waals surface area contributed by atoms with Gasteiger partial charge in [-0.2, -0.15) is 5.10 Å². The van der Waals surface area contributed by atoms with E-state index in [4.69, 9.17) is 0 Å². The molecule has 1 aromatic rings. The minimum atomic E-state index is -2.10. The Morgan fingerprint density at radius 1 is 1.12 bits per heavy atom. The zero-order chi connectivity index (χ0) is 10.8. The van der Waals surface area contributed by atoms with Crippen LogP contribution in [0, 0.1) is 0 Å². The highest BCUT2D eigenvalue weighted by molar-refractivity contribution is 7.73. The first-order valence-corrected chi connectivity index (χ1v) is 8.28. The average molecular weight is 236 g/mol. The Morgan fingerprint density at radius 2 is 1.75 bits per heavy atom. The van der Waals surface area contributed by atoms with Gasteiger partial charge in [-0.1, -0.05) is 0 Å². The molecule has 16 heavy (non-hydrogen) atoms. The molecule has 0 aromatic carbocycles. The van der Waals surface area contributed by atoms with Crippen molar-refractivity contribution in [3.8, 4) is 0 Å². The summed E-state index contributed by atoms with van der Waals surface area (Å²) >= 11 is 0. The molecule has 0 unspecified atom stereocenters. The van der Waals surface area contributed by atoms with Gasteiger partial charge in [0.25, 0.3) is 0 Å². The van der Waals surface area contributed by atoms with Gasteiger partial charge in [-0.15, -0.1) is 0 Å². The molecule has 1 heterocycles. The van der Waals surface area contributed by atoms with Crippen LogP contribution in [0.15, 0.2) is 12.3 Å². The summed E-state index contributed by atoms with van der Waals surface area (Å²) in [6.45, 7) is 0. The average Bonchev–Trinajstić information content (AvgIpc) is 3.13. The monoisotopic (exact) mass is 236 g/mol. The maximum absolute atomic E-state index is 13.3. The Kier molecular flexibility index (Phi) is 1.78. The fraction of sp³-hybridized carbons (Fsp3) is 0.750. The van der Waals surface area contributed by atoms with E-state index < -0.39 is 7.14 Å². The number of rotatable bonds is 4. The highest BCUT2D eigenvalue weighted by atomic mass is 31.2. The standard InChI is InChI=1S/C12H17N2OP/c15-16(10-3-4-10,11-5-6-11)12-7-8-13-14(12)9-1-2-9/h7-11H,1-6H2. The summed E-state index contributed by atoms with van der Waals surface area (Å²) in [7, 11) is -2.10. The third-order valence-electron chi connectivity index (χ3n) is 4.08. The van der Waals surface area contributed by atoms with E-state index in [0.717, 1.165) is 5.44 Å². The Hall–Kier alpha value is -0.560. The molecule has 0 amide bonds. The van der Waals surface area contributed by atoms with E-state index in [-0.39, 0.29) is 0 Å². The summed E-state index contributed by atoms with van der Waals surface area (Å²) in [6.07, 6.45) is 9.04. The second kappa shape index (κ2) is 3.01. The van der Waals surface area contributed by atoms with Crippen molar-refractivity contribution in [2.75, 3.05) is 0 Å². The fourth-order valence-corrected chi connectivity index (χ4v) is 6.78. The van der Waals surface area contributed by atoms with E-state index in [1.807, 2.05) is 12.3 Å². The third-order valence-corrected chi connectivity index (χ3v) is 8.35. The van der Waals surface area contributed by atoms with Crippen molar-refractivity contribution in [1.29, 1.82) is 0 Å². The molecule has 1 aromatic heterocycles. The van der Waals surface area contributed by atoms with Crippen LogP contribution in [0.4, 0.5) is 0 Å². The SMILES string of the molecule is O=P(c1ccnn1C1CC1)(C1CC1)C1CC1. The third kappa shape index (κ3) is 1.27. The largest absolute Gasteiger partial charge is 0.316 e. The van der Waals surface area contributed by atoms with Crippen LogP contribution in [0.1, 0.15) is 44.6 Å². The molecule has 0 spiro atoms. The topological polar surface area (TPSA) is 34.9 Å². The molecule has 3 aliphatic rings. The molecule has 0 atom stereocenters. The van der Waals surface area contributed by atoms with E-state index in [9.17, 15) is 4.57 Å². The molecule has 3 fully saturated rings. The first kappa shape index (κ1) is 9.47. The van der Waals surface area contributed by atoms with Crippen LogP contribution in [0.3, 0.4) is 0 Å². The van der Waals surface area contributed by atoms with Crippen LogP contribution < -0.4 is 5.44 Å². The van der Waals surface area contributed by atoms with Gasteiger partial charge in [-0.25, -0.2) is 0 Å². The zero-order valence-corrected chi connectivity index (χ0v) is 10.3. The molecule has 3 nitrogen and oxygen atoms in total. The van der Waals surface area contributed by atoms with Gasteiger partial charge in [-0.05, 0) is 44.6 Å². The molecule has 3 saturated carbocycles. The van der Waals surface area contributed by atoms with E-state index in [0.29, 0.717) is 17.4 Å². The van der Waals surface area contributed by atoms with Crippen molar-refractivity contribution < 1.29 is 4.57 Å². The molecule has 0 aliphatic heterocycles. The molecule has 86 valence electrons. The Labute approximate surface area is 95.6 Å². The lowest BCUT2D eigenvalue weighted by molar-refractivity contribution is 0.573. The summed E-state index contributed by atoms with van der Waals surface area (Å²) in [5.74, 6) is 0. The van der Waals surface area contributed by atoms with Gasteiger partial charge in [0.15, 0.2) is 0 Å². The summed E-state index contributed by atoms with van der Waals surface area (Å²) in [5, 5.41) is 4.41. The lowest BCUT2D eigenvalue weighted by atomic mass is 10.7. The van der Waals surface area contributed by atoms with Crippen molar-refractivity contribution in [3.05, 3.63) is 12.3 Å². The predicted molar refractivity (Wildman–Crippen MR) is 63.8 cm³/mol. The minimum Gasteiger partial charge on any atom is -0.316 e. The van der Waals surface area contributed by atoms with Gasteiger partial charge < -0.3 is 4.57 Å². The fourth-order valence-electron chi connectivity index (χ4n) is 2.77. The van der Waals surface area contributed by atoms with Gasteiger partial charge in [0, 0.05) is 17.5 Å². The summed E-state index contributed by atoms with van der Waals surface area (Å²) in [4.78, 5) is 0. The first-order chi connectivity index (χ1) is 7.80. The molecule has 0 N–H and O–H groups in total. The number of hydrogen-bond donors (Lipinski definition) is 0. The summed E-state index contributed by atoms with van der Waals surface area (Å²) < 4.78 is 15.4. The Bertz CT molecular complexity index is 453. The molecular formula is C12H17N2OP. The number of hydrogen-bond acceptors (Lipinski definition) is 2. The van der Waals surface area contributed by atoms with Crippen molar-refractivity contribution in [3.63, 3.8) is 0 Å². The van der Waals surface area contributed by atoms with Crippen LogP contribution >= 0.6 is 7.14 Å². The normalized spacial score (nSPS) is 26.0. The van der Waals surface area contributed by atoms with Gasteiger partial charge >= 0.3 is 0 Å². The maximum Gasteiger partial charge on any atom is 0.138 e. The molecule has 4 heteroatoms. The first-order valence-electron chi connectivity index (χ1n) is 6.43. The predicted octanol–water partition coefficient (Wildman–Crippen LogP) is 2.53. The second-order valence-corrected chi connectivity index (χ2v) is 8.87. The Balaban J connectivity index is 1.80. The van der Waals surface area contributed by atoms with Crippen molar-refractivity contribution in [1.82, 2.24) is 9.78 Å². The van der Waals surface area contributed by atoms with E-state index in [1.165, 1.54) is 38.5 Å². The smallest absolute Gasteiger partial charge is 0.138 e. The molecule has 4 rings (SSSR count).